The van der Waals surface area contributed by atoms with Crippen molar-refractivity contribution in [2.24, 2.45) is 0 Å². The molecule has 0 heterocycles. The number of ether oxygens (including phenoxy) is 3. The molecule has 0 amide bonds. The van der Waals surface area contributed by atoms with Gasteiger partial charge in [-0.1, -0.05) is 45.4 Å². The van der Waals surface area contributed by atoms with Crippen LogP contribution in [-0.2, 0) is 5.41 Å². The molecule has 0 aromatic heterocycles. The van der Waals surface area contributed by atoms with E-state index >= 15 is 0 Å². The zero-order valence-electron chi connectivity index (χ0n) is 16.5. The summed E-state index contributed by atoms with van der Waals surface area (Å²) in [4.78, 5) is 11.3. The number of benzene rings is 2. The van der Waals surface area contributed by atoms with Gasteiger partial charge in [0.1, 0.15) is 12.0 Å². The van der Waals surface area contributed by atoms with Crippen LogP contribution in [-0.4, -0.2) is 20.0 Å². The fourth-order valence-electron chi connectivity index (χ4n) is 2.68. The van der Waals surface area contributed by atoms with E-state index in [1.807, 2.05) is 19.1 Å². The summed E-state index contributed by atoms with van der Waals surface area (Å²) < 4.78 is 17.5. The second kappa shape index (κ2) is 8.26. The van der Waals surface area contributed by atoms with Crippen LogP contribution in [0.25, 0.3) is 0 Å². The topological polar surface area (TPSA) is 44.8 Å². The monoisotopic (exact) mass is 356 g/mol. The standard InChI is InChI=1S/C22H28O4/c1-7-10-25-21-19(24-6)12-16(14-23)13-20(21)26-18-9-8-15(2)11-17(18)22(3,4)5/h8-9,11-14H,7,10H2,1-6H3. The minimum atomic E-state index is -0.0852. The molecule has 4 nitrogen and oxygen atoms in total. The lowest BCUT2D eigenvalue weighted by Gasteiger charge is -2.24. The summed E-state index contributed by atoms with van der Waals surface area (Å²) in [7, 11) is 1.55. The molecule has 0 fully saturated rings. The Bertz CT molecular complexity index is 772. The van der Waals surface area contributed by atoms with Crippen LogP contribution >= 0.6 is 0 Å². The number of aryl methyl sites for hydroxylation is 1. The van der Waals surface area contributed by atoms with Crippen molar-refractivity contribution < 1.29 is 19.0 Å². The largest absolute Gasteiger partial charge is 0.493 e. The molecule has 0 saturated carbocycles. The van der Waals surface area contributed by atoms with E-state index in [2.05, 4.69) is 33.8 Å². The van der Waals surface area contributed by atoms with Crippen molar-refractivity contribution in [1.82, 2.24) is 0 Å². The molecule has 0 aliphatic rings. The molecule has 0 unspecified atom stereocenters. The summed E-state index contributed by atoms with van der Waals surface area (Å²) in [5.41, 5.74) is 2.65. The molecule has 0 spiro atoms. The molecule has 0 aliphatic heterocycles. The zero-order valence-corrected chi connectivity index (χ0v) is 16.5. The molecule has 0 aliphatic carbocycles. The number of hydrogen-bond donors (Lipinski definition) is 0. The normalized spacial score (nSPS) is 11.2. The number of methoxy groups -OCH3 is 1. The van der Waals surface area contributed by atoms with Crippen LogP contribution in [0.5, 0.6) is 23.0 Å². The summed E-state index contributed by atoms with van der Waals surface area (Å²) in [6, 6.07) is 9.44. The highest BCUT2D eigenvalue weighted by molar-refractivity contribution is 5.78. The van der Waals surface area contributed by atoms with Crippen molar-refractivity contribution in [3.05, 3.63) is 47.0 Å². The Balaban J connectivity index is 2.56. The summed E-state index contributed by atoms with van der Waals surface area (Å²) in [5.74, 6) is 2.23. The maximum atomic E-state index is 11.3. The molecule has 2 aromatic carbocycles. The van der Waals surface area contributed by atoms with E-state index < -0.39 is 0 Å². The van der Waals surface area contributed by atoms with Crippen LogP contribution in [0.4, 0.5) is 0 Å². The number of carbonyl (C=O) groups is 1. The third-order valence-electron chi connectivity index (χ3n) is 4.01. The average molecular weight is 356 g/mol. The van der Waals surface area contributed by atoms with E-state index in [9.17, 15) is 4.79 Å². The molecule has 0 radical (unpaired) electrons. The van der Waals surface area contributed by atoms with E-state index in [0.717, 1.165) is 24.0 Å². The molecule has 0 bridgehead atoms. The van der Waals surface area contributed by atoms with E-state index in [4.69, 9.17) is 14.2 Å². The number of aldehydes is 1. The van der Waals surface area contributed by atoms with E-state index in [0.29, 0.717) is 29.4 Å². The van der Waals surface area contributed by atoms with Crippen molar-refractivity contribution in [3.63, 3.8) is 0 Å². The van der Waals surface area contributed by atoms with Crippen LogP contribution in [0, 0.1) is 6.92 Å². The number of carbonyl (C=O) groups excluding carboxylic acids is 1. The third-order valence-corrected chi connectivity index (χ3v) is 4.01. The first kappa shape index (κ1) is 19.8. The van der Waals surface area contributed by atoms with Gasteiger partial charge in [-0.25, -0.2) is 0 Å². The lowest BCUT2D eigenvalue weighted by Crippen LogP contribution is -2.13. The molecule has 0 atom stereocenters. The van der Waals surface area contributed by atoms with Crippen LogP contribution in [0.15, 0.2) is 30.3 Å². The van der Waals surface area contributed by atoms with Gasteiger partial charge >= 0.3 is 0 Å². The van der Waals surface area contributed by atoms with Gasteiger partial charge < -0.3 is 14.2 Å². The highest BCUT2D eigenvalue weighted by Gasteiger charge is 2.22. The molecule has 0 N–H and O–H groups in total. The molecule has 4 heteroatoms. The molecule has 26 heavy (non-hydrogen) atoms. The maximum Gasteiger partial charge on any atom is 0.204 e. The van der Waals surface area contributed by atoms with Gasteiger partial charge in [-0.2, -0.15) is 0 Å². The first-order valence-electron chi connectivity index (χ1n) is 8.89. The smallest absolute Gasteiger partial charge is 0.204 e. The van der Waals surface area contributed by atoms with Gasteiger partial charge in [0.25, 0.3) is 0 Å². The second-order valence-electron chi connectivity index (χ2n) is 7.37. The van der Waals surface area contributed by atoms with E-state index in [-0.39, 0.29) is 5.41 Å². The second-order valence-corrected chi connectivity index (χ2v) is 7.37. The quantitative estimate of drug-likeness (QED) is 0.597. The van der Waals surface area contributed by atoms with Crippen molar-refractivity contribution in [1.29, 1.82) is 0 Å². The fraction of sp³-hybridized carbons (Fsp3) is 0.409. The van der Waals surface area contributed by atoms with Crippen molar-refractivity contribution in [2.45, 2.75) is 46.5 Å². The fourth-order valence-corrected chi connectivity index (χ4v) is 2.68. The number of rotatable bonds is 7. The van der Waals surface area contributed by atoms with E-state index in [1.54, 1.807) is 19.2 Å². The average Bonchev–Trinajstić information content (AvgIpc) is 2.60. The highest BCUT2D eigenvalue weighted by atomic mass is 16.5. The van der Waals surface area contributed by atoms with Crippen LogP contribution < -0.4 is 14.2 Å². The molecule has 2 rings (SSSR count). The van der Waals surface area contributed by atoms with Crippen LogP contribution in [0.2, 0.25) is 0 Å². The Labute approximate surface area is 156 Å². The summed E-state index contributed by atoms with van der Waals surface area (Å²) in [5, 5.41) is 0. The molecular weight excluding hydrogens is 328 g/mol. The van der Waals surface area contributed by atoms with Gasteiger partial charge in [-0.3, -0.25) is 4.79 Å². The van der Waals surface area contributed by atoms with Crippen LogP contribution in [0.3, 0.4) is 0 Å². The maximum absolute atomic E-state index is 11.3. The predicted octanol–water partition coefficient (Wildman–Crippen LogP) is 5.69. The molecule has 2 aromatic rings. The summed E-state index contributed by atoms with van der Waals surface area (Å²) in [6.45, 7) is 11.1. The van der Waals surface area contributed by atoms with Gasteiger partial charge in [-0.15, -0.1) is 0 Å². The minimum Gasteiger partial charge on any atom is -0.493 e. The Morgan fingerprint density at radius 3 is 2.31 bits per heavy atom. The van der Waals surface area contributed by atoms with Crippen LogP contribution in [0.1, 0.15) is 55.6 Å². The van der Waals surface area contributed by atoms with Gasteiger partial charge in [0.2, 0.25) is 5.75 Å². The molecule has 140 valence electrons. The van der Waals surface area contributed by atoms with Crippen molar-refractivity contribution in [2.75, 3.05) is 13.7 Å². The summed E-state index contributed by atoms with van der Waals surface area (Å²) >= 11 is 0. The molecular formula is C22H28O4. The lowest BCUT2D eigenvalue weighted by atomic mass is 9.85. The van der Waals surface area contributed by atoms with Gasteiger partial charge in [0, 0.05) is 11.1 Å². The predicted molar refractivity (Wildman–Crippen MR) is 104 cm³/mol. The molecule has 0 saturated heterocycles. The Morgan fingerprint density at radius 2 is 1.73 bits per heavy atom. The first-order valence-corrected chi connectivity index (χ1v) is 8.89. The van der Waals surface area contributed by atoms with Gasteiger partial charge in [0.05, 0.1) is 13.7 Å². The van der Waals surface area contributed by atoms with Gasteiger partial charge in [-0.05, 0) is 37.0 Å². The van der Waals surface area contributed by atoms with Crippen molar-refractivity contribution in [3.8, 4) is 23.0 Å². The summed E-state index contributed by atoms with van der Waals surface area (Å²) in [6.07, 6.45) is 1.63. The first-order chi connectivity index (χ1) is 12.3. The minimum absolute atomic E-state index is 0.0852. The lowest BCUT2D eigenvalue weighted by molar-refractivity contribution is 0.112. The Hall–Kier alpha value is -2.49. The third kappa shape index (κ3) is 4.57. The zero-order chi connectivity index (χ0) is 19.3. The SMILES string of the molecule is CCCOc1c(OC)cc(C=O)cc1Oc1ccc(C)cc1C(C)(C)C. The van der Waals surface area contributed by atoms with Gasteiger partial charge in [0.15, 0.2) is 11.5 Å². The Morgan fingerprint density at radius 1 is 1.04 bits per heavy atom. The Kier molecular flexibility index (Phi) is 6.30. The van der Waals surface area contributed by atoms with E-state index in [1.165, 1.54) is 5.56 Å². The highest BCUT2D eigenvalue weighted by Crippen LogP contribution is 2.43. The number of hydrogen-bond acceptors (Lipinski definition) is 4. The van der Waals surface area contributed by atoms with Crippen molar-refractivity contribution >= 4 is 6.29 Å².